The number of aliphatic hydroxyl groups excluding tert-OH is 1. The van der Waals surface area contributed by atoms with Crippen LogP contribution in [0.3, 0.4) is 0 Å². The molecule has 0 bridgehead atoms. The van der Waals surface area contributed by atoms with Gasteiger partial charge in [0.15, 0.2) is 0 Å². The fourth-order valence-corrected chi connectivity index (χ4v) is 2.23. The fourth-order valence-electron chi connectivity index (χ4n) is 2.23. The van der Waals surface area contributed by atoms with Gasteiger partial charge in [0.2, 0.25) is 0 Å². The quantitative estimate of drug-likeness (QED) is 0.703. The normalized spacial score (nSPS) is 33.0. The summed E-state index contributed by atoms with van der Waals surface area (Å²) in [4.78, 5) is 2.34. The molecule has 2 atom stereocenters. The summed E-state index contributed by atoms with van der Waals surface area (Å²) in [6.07, 6.45) is 1.21. The zero-order chi connectivity index (χ0) is 10.1. The number of aliphatic hydroxyl groups is 1. The number of hydrogen-bond acceptors (Lipinski definition) is 2. The van der Waals surface area contributed by atoms with Crippen molar-refractivity contribution in [1.29, 1.82) is 0 Å². The van der Waals surface area contributed by atoms with Gasteiger partial charge in [0, 0.05) is 18.6 Å². The maximum atomic E-state index is 9.36. The van der Waals surface area contributed by atoms with Crippen molar-refractivity contribution in [3.63, 3.8) is 0 Å². The van der Waals surface area contributed by atoms with E-state index in [1.807, 2.05) is 0 Å². The summed E-state index contributed by atoms with van der Waals surface area (Å²) in [5.41, 5.74) is 0.253. The van der Waals surface area contributed by atoms with Crippen molar-refractivity contribution in [3.05, 3.63) is 0 Å². The standard InChI is InChI=1S/C11H23NO/c1-5-12(4)7-10-6-11(10,8-13)9(2)3/h9-10,13H,5-8H2,1-4H3. The molecule has 1 aliphatic rings. The highest BCUT2D eigenvalue weighted by Crippen LogP contribution is 2.57. The molecule has 2 heteroatoms. The molecule has 78 valence electrons. The Kier molecular flexibility index (Phi) is 3.36. The van der Waals surface area contributed by atoms with Gasteiger partial charge in [-0.05, 0) is 31.8 Å². The molecule has 0 radical (unpaired) electrons. The average Bonchev–Trinajstić information content (AvgIpc) is 2.79. The Bertz CT molecular complexity index is 169. The van der Waals surface area contributed by atoms with Crippen molar-refractivity contribution in [2.24, 2.45) is 17.3 Å². The highest BCUT2D eigenvalue weighted by atomic mass is 16.3. The van der Waals surface area contributed by atoms with Gasteiger partial charge in [-0.25, -0.2) is 0 Å². The number of hydrogen-bond donors (Lipinski definition) is 1. The Balaban J connectivity index is 2.41. The van der Waals surface area contributed by atoms with E-state index in [4.69, 9.17) is 0 Å². The van der Waals surface area contributed by atoms with Crippen LogP contribution in [-0.2, 0) is 0 Å². The van der Waals surface area contributed by atoms with Crippen LogP contribution in [0.15, 0.2) is 0 Å². The first-order chi connectivity index (χ1) is 6.06. The van der Waals surface area contributed by atoms with Crippen LogP contribution < -0.4 is 0 Å². The van der Waals surface area contributed by atoms with Crippen LogP contribution in [0.4, 0.5) is 0 Å². The molecule has 13 heavy (non-hydrogen) atoms. The first kappa shape index (κ1) is 11.0. The third kappa shape index (κ3) is 2.05. The van der Waals surface area contributed by atoms with Gasteiger partial charge in [-0.2, -0.15) is 0 Å². The molecule has 0 aromatic carbocycles. The maximum absolute atomic E-state index is 9.36. The summed E-state index contributed by atoms with van der Waals surface area (Å²) >= 11 is 0. The molecule has 1 fully saturated rings. The van der Waals surface area contributed by atoms with Crippen molar-refractivity contribution >= 4 is 0 Å². The zero-order valence-corrected chi connectivity index (χ0v) is 9.38. The zero-order valence-electron chi connectivity index (χ0n) is 9.38. The predicted molar refractivity (Wildman–Crippen MR) is 55.6 cm³/mol. The Morgan fingerprint density at radius 3 is 2.46 bits per heavy atom. The summed E-state index contributed by atoms with van der Waals surface area (Å²) in [5.74, 6) is 1.34. The Morgan fingerprint density at radius 2 is 2.15 bits per heavy atom. The molecule has 1 rings (SSSR count). The Labute approximate surface area is 81.9 Å². The lowest BCUT2D eigenvalue weighted by Gasteiger charge is -2.21. The van der Waals surface area contributed by atoms with E-state index in [-0.39, 0.29) is 5.41 Å². The van der Waals surface area contributed by atoms with E-state index in [1.165, 1.54) is 6.42 Å². The molecule has 0 amide bonds. The van der Waals surface area contributed by atoms with Crippen LogP contribution in [0.5, 0.6) is 0 Å². The van der Waals surface area contributed by atoms with Crippen molar-refractivity contribution < 1.29 is 5.11 Å². The Morgan fingerprint density at radius 1 is 1.54 bits per heavy atom. The lowest BCUT2D eigenvalue weighted by molar-refractivity contribution is 0.147. The van der Waals surface area contributed by atoms with E-state index in [2.05, 4.69) is 32.7 Å². The van der Waals surface area contributed by atoms with Gasteiger partial charge in [0.1, 0.15) is 0 Å². The minimum absolute atomic E-state index is 0.253. The molecule has 2 unspecified atom stereocenters. The second kappa shape index (κ2) is 3.97. The molecule has 1 aliphatic carbocycles. The van der Waals surface area contributed by atoms with E-state index in [0.717, 1.165) is 19.0 Å². The summed E-state index contributed by atoms with van der Waals surface area (Å²) in [6.45, 7) is 9.25. The molecule has 0 saturated heterocycles. The lowest BCUT2D eigenvalue weighted by Crippen LogP contribution is -2.26. The highest BCUT2D eigenvalue weighted by molar-refractivity contribution is 5.04. The molecular formula is C11H23NO. The summed E-state index contributed by atoms with van der Waals surface area (Å²) in [5, 5.41) is 9.36. The van der Waals surface area contributed by atoms with Gasteiger partial charge in [-0.15, -0.1) is 0 Å². The minimum Gasteiger partial charge on any atom is -0.396 e. The smallest absolute Gasteiger partial charge is 0.0493 e. The topological polar surface area (TPSA) is 23.5 Å². The van der Waals surface area contributed by atoms with E-state index < -0.39 is 0 Å². The first-order valence-electron chi connectivity index (χ1n) is 5.36. The Hall–Kier alpha value is -0.0800. The van der Waals surface area contributed by atoms with Crippen LogP contribution >= 0.6 is 0 Å². The summed E-state index contributed by atoms with van der Waals surface area (Å²) < 4.78 is 0. The van der Waals surface area contributed by atoms with Crippen molar-refractivity contribution in [3.8, 4) is 0 Å². The van der Waals surface area contributed by atoms with E-state index >= 15 is 0 Å². The SMILES string of the molecule is CCN(C)CC1CC1(CO)C(C)C. The van der Waals surface area contributed by atoms with Gasteiger partial charge in [-0.3, -0.25) is 0 Å². The highest BCUT2D eigenvalue weighted by Gasteiger charge is 2.55. The number of rotatable bonds is 5. The fraction of sp³-hybridized carbons (Fsp3) is 1.00. The van der Waals surface area contributed by atoms with E-state index in [1.54, 1.807) is 0 Å². The summed E-state index contributed by atoms with van der Waals surface area (Å²) in [6, 6.07) is 0. The van der Waals surface area contributed by atoms with Crippen LogP contribution in [0.1, 0.15) is 27.2 Å². The second-order valence-electron chi connectivity index (χ2n) is 4.80. The third-order valence-corrected chi connectivity index (χ3v) is 3.80. The molecule has 1 saturated carbocycles. The van der Waals surface area contributed by atoms with Gasteiger partial charge in [0.25, 0.3) is 0 Å². The van der Waals surface area contributed by atoms with Crippen LogP contribution in [0.2, 0.25) is 0 Å². The predicted octanol–water partition coefficient (Wildman–Crippen LogP) is 1.59. The largest absolute Gasteiger partial charge is 0.396 e. The van der Waals surface area contributed by atoms with Crippen LogP contribution in [0.25, 0.3) is 0 Å². The molecule has 0 aliphatic heterocycles. The molecule has 0 heterocycles. The third-order valence-electron chi connectivity index (χ3n) is 3.80. The monoisotopic (exact) mass is 185 g/mol. The first-order valence-corrected chi connectivity index (χ1v) is 5.36. The van der Waals surface area contributed by atoms with Crippen LogP contribution in [0, 0.1) is 17.3 Å². The lowest BCUT2D eigenvalue weighted by atomic mass is 9.90. The van der Waals surface area contributed by atoms with Gasteiger partial charge in [0.05, 0.1) is 0 Å². The van der Waals surface area contributed by atoms with Crippen molar-refractivity contribution in [1.82, 2.24) is 4.90 Å². The maximum Gasteiger partial charge on any atom is 0.0493 e. The molecular weight excluding hydrogens is 162 g/mol. The van der Waals surface area contributed by atoms with E-state index in [0.29, 0.717) is 12.5 Å². The molecule has 0 spiro atoms. The molecule has 2 nitrogen and oxygen atoms in total. The average molecular weight is 185 g/mol. The second-order valence-corrected chi connectivity index (χ2v) is 4.80. The molecule has 1 N–H and O–H groups in total. The van der Waals surface area contributed by atoms with Crippen LogP contribution in [-0.4, -0.2) is 36.8 Å². The van der Waals surface area contributed by atoms with Crippen molar-refractivity contribution in [2.45, 2.75) is 27.2 Å². The number of nitrogens with zero attached hydrogens (tertiary/aromatic N) is 1. The van der Waals surface area contributed by atoms with Gasteiger partial charge >= 0.3 is 0 Å². The van der Waals surface area contributed by atoms with Crippen molar-refractivity contribution in [2.75, 3.05) is 26.7 Å². The minimum atomic E-state index is 0.253. The van der Waals surface area contributed by atoms with Gasteiger partial charge < -0.3 is 10.0 Å². The molecule has 0 aromatic heterocycles. The molecule has 0 aromatic rings. The van der Waals surface area contributed by atoms with E-state index in [9.17, 15) is 5.11 Å². The summed E-state index contributed by atoms with van der Waals surface area (Å²) in [7, 11) is 2.15. The van der Waals surface area contributed by atoms with Gasteiger partial charge in [-0.1, -0.05) is 20.8 Å².